The van der Waals surface area contributed by atoms with Crippen molar-refractivity contribution in [2.45, 2.75) is 12.5 Å². The Morgan fingerprint density at radius 1 is 1.58 bits per heavy atom. The van der Waals surface area contributed by atoms with Gasteiger partial charge >= 0.3 is 0 Å². The van der Waals surface area contributed by atoms with E-state index in [1.165, 1.54) is 0 Å². The van der Waals surface area contributed by atoms with Gasteiger partial charge in [0.1, 0.15) is 0 Å². The highest BCUT2D eigenvalue weighted by atomic mass is 79.9. The summed E-state index contributed by atoms with van der Waals surface area (Å²) in [6.45, 7) is 1.70. The number of amides is 1. The molecule has 0 aromatic carbocycles. The minimum Gasteiger partial charge on any atom is -0.444 e. The average molecular weight is 347 g/mol. The van der Waals surface area contributed by atoms with Gasteiger partial charge in [0, 0.05) is 18.8 Å². The van der Waals surface area contributed by atoms with Crippen LogP contribution in [0.5, 0.6) is 0 Å². The summed E-state index contributed by atoms with van der Waals surface area (Å²) in [5.74, 6) is 2.53. The second kappa shape index (κ2) is 6.81. The lowest BCUT2D eigenvalue weighted by molar-refractivity contribution is 0.0642. The zero-order valence-corrected chi connectivity index (χ0v) is 13.7. The van der Waals surface area contributed by atoms with Gasteiger partial charge < -0.3 is 14.2 Å². The molecule has 1 fully saturated rings. The summed E-state index contributed by atoms with van der Waals surface area (Å²) in [7, 11) is 4.09. The van der Waals surface area contributed by atoms with E-state index in [1.54, 1.807) is 12.1 Å². The van der Waals surface area contributed by atoms with Crippen LogP contribution in [0.1, 0.15) is 17.0 Å². The molecule has 1 aromatic heterocycles. The van der Waals surface area contributed by atoms with E-state index in [2.05, 4.69) is 20.8 Å². The summed E-state index contributed by atoms with van der Waals surface area (Å²) in [4.78, 5) is 16.6. The zero-order chi connectivity index (χ0) is 13.8. The van der Waals surface area contributed by atoms with Gasteiger partial charge in [-0.25, -0.2) is 0 Å². The molecule has 0 saturated carbocycles. The zero-order valence-electron chi connectivity index (χ0n) is 11.3. The number of carbonyl (C=O) groups is 1. The maximum atomic E-state index is 12.5. The molecule has 1 aliphatic rings. The number of rotatable bonds is 3. The first-order chi connectivity index (χ1) is 9.08. The predicted molar refractivity (Wildman–Crippen MR) is 81.7 cm³/mol. The van der Waals surface area contributed by atoms with E-state index in [4.69, 9.17) is 4.42 Å². The smallest absolute Gasteiger partial charge is 0.289 e. The fourth-order valence-electron chi connectivity index (χ4n) is 2.24. The van der Waals surface area contributed by atoms with Crippen molar-refractivity contribution < 1.29 is 9.21 Å². The van der Waals surface area contributed by atoms with Crippen molar-refractivity contribution >= 4 is 33.6 Å². The van der Waals surface area contributed by atoms with Gasteiger partial charge in [0.2, 0.25) is 0 Å². The van der Waals surface area contributed by atoms with E-state index < -0.39 is 0 Å². The molecular weight excluding hydrogens is 328 g/mol. The number of furan rings is 1. The molecule has 0 radical (unpaired) electrons. The average Bonchev–Trinajstić information content (AvgIpc) is 2.65. The first kappa shape index (κ1) is 14.9. The normalized spacial score (nSPS) is 20.6. The van der Waals surface area contributed by atoms with E-state index in [0.717, 1.165) is 31.0 Å². The van der Waals surface area contributed by atoms with Crippen LogP contribution in [0.4, 0.5) is 0 Å². The SMILES string of the molecule is CN(C)CC1CSCCCN1C(=O)c1ccc(Br)o1. The molecule has 1 saturated heterocycles. The molecule has 0 bridgehead atoms. The molecular formula is C13H19BrN2O2S. The van der Waals surface area contributed by atoms with Gasteiger partial charge in [0.15, 0.2) is 10.4 Å². The Morgan fingerprint density at radius 3 is 3.00 bits per heavy atom. The lowest BCUT2D eigenvalue weighted by Crippen LogP contribution is -2.46. The third-order valence-corrected chi connectivity index (χ3v) is 4.68. The van der Waals surface area contributed by atoms with E-state index >= 15 is 0 Å². The quantitative estimate of drug-likeness (QED) is 0.842. The van der Waals surface area contributed by atoms with Crippen molar-refractivity contribution in [2.75, 3.05) is 38.7 Å². The molecule has 1 aromatic rings. The van der Waals surface area contributed by atoms with E-state index in [-0.39, 0.29) is 11.9 Å². The van der Waals surface area contributed by atoms with Crippen molar-refractivity contribution in [1.29, 1.82) is 0 Å². The minimum atomic E-state index is 0.0000463. The number of halogens is 1. The number of nitrogens with zero attached hydrogens (tertiary/aromatic N) is 2. The van der Waals surface area contributed by atoms with E-state index in [1.807, 2.05) is 30.8 Å². The van der Waals surface area contributed by atoms with Gasteiger partial charge in [-0.05, 0) is 54.3 Å². The summed E-state index contributed by atoms with van der Waals surface area (Å²) >= 11 is 5.17. The molecule has 2 rings (SSSR count). The molecule has 1 amide bonds. The Kier molecular flexibility index (Phi) is 5.36. The number of carbonyl (C=O) groups excluding carboxylic acids is 1. The van der Waals surface area contributed by atoms with Crippen LogP contribution < -0.4 is 0 Å². The van der Waals surface area contributed by atoms with Crippen molar-refractivity contribution in [2.24, 2.45) is 0 Å². The Hall–Kier alpha value is -0.460. The molecule has 6 heteroatoms. The van der Waals surface area contributed by atoms with Crippen molar-refractivity contribution in [3.63, 3.8) is 0 Å². The molecule has 1 atom stereocenters. The summed E-state index contributed by atoms with van der Waals surface area (Å²) < 4.78 is 6.00. The largest absolute Gasteiger partial charge is 0.444 e. The summed E-state index contributed by atoms with van der Waals surface area (Å²) in [6, 6.07) is 3.75. The third kappa shape index (κ3) is 4.00. The molecule has 106 valence electrons. The van der Waals surface area contributed by atoms with Gasteiger partial charge in [-0.2, -0.15) is 11.8 Å². The topological polar surface area (TPSA) is 36.7 Å². The van der Waals surface area contributed by atoms with Gasteiger partial charge in [-0.1, -0.05) is 0 Å². The van der Waals surface area contributed by atoms with E-state index in [9.17, 15) is 4.79 Å². The Labute approximate surface area is 126 Å². The summed E-state index contributed by atoms with van der Waals surface area (Å²) in [5, 5.41) is 0. The Bertz CT molecular complexity index is 436. The molecule has 1 unspecified atom stereocenters. The van der Waals surface area contributed by atoms with E-state index in [0.29, 0.717) is 10.4 Å². The van der Waals surface area contributed by atoms with Crippen LogP contribution in [-0.2, 0) is 0 Å². The maximum absolute atomic E-state index is 12.5. The molecule has 19 heavy (non-hydrogen) atoms. The van der Waals surface area contributed by atoms with Crippen molar-refractivity contribution in [3.8, 4) is 0 Å². The lowest BCUT2D eigenvalue weighted by atomic mass is 10.2. The fourth-order valence-corrected chi connectivity index (χ4v) is 3.60. The summed E-state index contributed by atoms with van der Waals surface area (Å²) in [5.41, 5.74) is 0. The highest BCUT2D eigenvalue weighted by Gasteiger charge is 2.28. The Balaban J connectivity index is 2.14. The molecule has 0 spiro atoms. The van der Waals surface area contributed by atoms with Gasteiger partial charge in [0.25, 0.3) is 5.91 Å². The first-order valence-corrected chi connectivity index (χ1v) is 8.31. The van der Waals surface area contributed by atoms with Crippen molar-refractivity contribution in [3.05, 3.63) is 22.6 Å². The van der Waals surface area contributed by atoms with Crippen LogP contribution in [0.15, 0.2) is 21.2 Å². The molecule has 0 aliphatic carbocycles. The van der Waals surface area contributed by atoms with Crippen molar-refractivity contribution in [1.82, 2.24) is 9.80 Å². The van der Waals surface area contributed by atoms with Crippen LogP contribution in [-0.4, -0.2) is 60.4 Å². The molecule has 2 heterocycles. The number of hydrogen-bond donors (Lipinski definition) is 0. The minimum absolute atomic E-state index is 0.0000463. The number of thioether (sulfide) groups is 1. The number of likely N-dealkylation sites (N-methyl/N-ethyl adjacent to an activating group) is 1. The Morgan fingerprint density at radius 2 is 2.37 bits per heavy atom. The maximum Gasteiger partial charge on any atom is 0.289 e. The van der Waals surface area contributed by atoms with Gasteiger partial charge in [0.05, 0.1) is 6.04 Å². The molecule has 0 N–H and O–H groups in total. The first-order valence-electron chi connectivity index (χ1n) is 6.36. The van der Waals surface area contributed by atoms with Crippen LogP contribution in [0.25, 0.3) is 0 Å². The highest BCUT2D eigenvalue weighted by Crippen LogP contribution is 2.21. The van der Waals surface area contributed by atoms with Crippen LogP contribution in [0, 0.1) is 0 Å². The van der Waals surface area contributed by atoms with Gasteiger partial charge in [-0.15, -0.1) is 0 Å². The monoisotopic (exact) mass is 346 g/mol. The van der Waals surface area contributed by atoms with Gasteiger partial charge in [-0.3, -0.25) is 4.79 Å². The standard InChI is InChI=1S/C13H19BrN2O2S/c1-15(2)8-10-9-19-7-3-6-16(10)13(17)11-4-5-12(14)18-11/h4-5,10H,3,6-9H2,1-2H3. The molecule has 1 aliphatic heterocycles. The third-order valence-electron chi connectivity index (χ3n) is 3.06. The second-order valence-corrected chi connectivity index (χ2v) is 6.88. The van der Waals surface area contributed by atoms with Crippen LogP contribution in [0.3, 0.4) is 0 Å². The predicted octanol–water partition coefficient (Wildman–Crippen LogP) is 2.55. The van der Waals surface area contributed by atoms with Crippen LogP contribution >= 0.6 is 27.7 Å². The lowest BCUT2D eigenvalue weighted by Gasteiger charge is -2.31. The van der Waals surface area contributed by atoms with Crippen LogP contribution in [0.2, 0.25) is 0 Å². The second-order valence-electron chi connectivity index (χ2n) is 4.95. The highest BCUT2D eigenvalue weighted by molar-refractivity contribution is 9.10. The number of hydrogen-bond acceptors (Lipinski definition) is 4. The molecule has 4 nitrogen and oxygen atoms in total. The summed E-state index contributed by atoms with van der Waals surface area (Å²) in [6.07, 6.45) is 1.04. The fraction of sp³-hybridized carbons (Fsp3) is 0.615.